The number of amides is 2. The fraction of sp³-hybridized carbons (Fsp3) is 0.545. The molecular weight excluding hydrogens is 354 g/mol. The molecule has 0 heterocycles. The van der Waals surface area contributed by atoms with Gasteiger partial charge in [-0.1, -0.05) is 50.3 Å². The number of alkyl carbamates (subject to hydrolysis) is 1. The molecule has 0 saturated carbocycles. The molecule has 6 heteroatoms. The zero-order valence-electron chi connectivity index (χ0n) is 17.8. The van der Waals surface area contributed by atoms with Gasteiger partial charge in [-0.25, -0.2) is 4.79 Å². The van der Waals surface area contributed by atoms with E-state index in [9.17, 15) is 9.59 Å². The number of carbonyl (C=O) groups is 2. The van der Waals surface area contributed by atoms with Crippen LogP contribution in [0, 0.1) is 0 Å². The first-order valence-electron chi connectivity index (χ1n) is 9.95. The Morgan fingerprint density at radius 1 is 1.14 bits per heavy atom. The van der Waals surface area contributed by atoms with Gasteiger partial charge in [0.25, 0.3) is 0 Å². The topological polar surface area (TPSA) is 70.7 Å². The van der Waals surface area contributed by atoms with Crippen molar-refractivity contribution in [2.45, 2.75) is 52.7 Å². The van der Waals surface area contributed by atoms with E-state index in [1.54, 1.807) is 6.08 Å². The maximum Gasteiger partial charge on any atom is 0.408 e. The van der Waals surface area contributed by atoms with Crippen LogP contribution in [0.25, 0.3) is 0 Å². The molecule has 2 amide bonds. The maximum atomic E-state index is 12.1. The van der Waals surface area contributed by atoms with Crippen molar-refractivity contribution in [1.29, 1.82) is 0 Å². The zero-order valence-corrected chi connectivity index (χ0v) is 17.8. The molecule has 1 aromatic carbocycles. The van der Waals surface area contributed by atoms with E-state index in [1.165, 1.54) is 6.08 Å². The predicted octanol–water partition coefficient (Wildman–Crippen LogP) is 3.14. The summed E-state index contributed by atoms with van der Waals surface area (Å²) >= 11 is 0. The van der Waals surface area contributed by atoms with Gasteiger partial charge in [0.1, 0.15) is 5.60 Å². The fourth-order valence-corrected chi connectivity index (χ4v) is 2.63. The van der Waals surface area contributed by atoms with Crippen LogP contribution in [0.1, 0.15) is 40.2 Å². The Morgan fingerprint density at radius 3 is 2.36 bits per heavy atom. The number of hydrogen-bond donors (Lipinski definition) is 2. The van der Waals surface area contributed by atoms with Crippen molar-refractivity contribution in [3.63, 3.8) is 0 Å². The minimum Gasteiger partial charge on any atom is -0.444 e. The number of ether oxygens (including phenoxy) is 1. The van der Waals surface area contributed by atoms with Crippen LogP contribution in [0.5, 0.6) is 0 Å². The Morgan fingerprint density at radius 2 is 1.79 bits per heavy atom. The zero-order chi connectivity index (χ0) is 21.0. The number of hydrogen-bond acceptors (Lipinski definition) is 4. The summed E-state index contributed by atoms with van der Waals surface area (Å²) in [5.41, 5.74) is 0.488. The number of carbonyl (C=O) groups excluding carboxylic acids is 2. The molecule has 1 aromatic rings. The average Bonchev–Trinajstić information content (AvgIpc) is 2.62. The van der Waals surface area contributed by atoms with Crippen LogP contribution >= 0.6 is 0 Å². The molecule has 2 N–H and O–H groups in total. The molecule has 1 rings (SSSR count). The summed E-state index contributed by atoms with van der Waals surface area (Å²) < 4.78 is 5.34. The molecule has 0 fully saturated rings. The lowest BCUT2D eigenvalue weighted by Gasteiger charge is -2.22. The van der Waals surface area contributed by atoms with Crippen molar-refractivity contribution in [2.75, 3.05) is 26.2 Å². The first-order chi connectivity index (χ1) is 13.2. The Hall–Kier alpha value is -2.34. The minimum atomic E-state index is -0.576. The van der Waals surface area contributed by atoms with Gasteiger partial charge in [-0.05, 0) is 45.8 Å². The highest BCUT2D eigenvalue weighted by atomic mass is 16.6. The summed E-state index contributed by atoms with van der Waals surface area (Å²) in [4.78, 5) is 26.5. The number of likely N-dealkylation sites (N-methyl/N-ethyl adjacent to an activating group) is 1. The standard InChI is InChI=1S/C22H35N3O3/c1-6-25(7-2)16-15-23-20(26)14-13-19(17-18-11-9-8-10-12-18)24-21(27)28-22(3,4)5/h8-14,19H,6-7,15-17H2,1-5H3,(H,23,26)(H,24,27)/b14-13+/t19-/m1/s1. The SMILES string of the molecule is CCN(CC)CCNC(=O)/C=C/[C@H](Cc1ccccc1)NC(=O)OC(C)(C)C. The summed E-state index contributed by atoms with van der Waals surface area (Å²) in [6.07, 6.45) is 3.26. The monoisotopic (exact) mass is 389 g/mol. The summed E-state index contributed by atoms with van der Waals surface area (Å²) in [5, 5.41) is 5.72. The van der Waals surface area contributed by atoms with Crippen molar-refractivity contribution in [1.82, 2.24) is 15.5 Å². The van der Waals surface area contributed by atoms with E-state index < -0.39 is 11.7 Å². The molecule has 0 bridgehead atoms. The third-order valence-corrected chi connectivity index (χ3v) is 4.10. The minimum absolute atomic E-state index is 0.170. The molecule has 0 unspecified atom stereocenters. The van der Waals surface area contributed by atoms with E-state index in [2.05, 4.69) is 29.4 Å². The van der Waals surface area contributed by atoms with Gasteiger partial charge < -0.3 is 20.3 Å². The van der Waals surface area contributed by atoms with Gasteiger partial charge in [-0.3, -0.25) is 4.79 Å². The number of nitrogens with one attached hydrogen (secondary N) is 2. The first-order valence-corrected chi connectivity index (χ1v) is 9.95. The molecule has 28 heavy (non-hydrogen) atoms. The molecule has 0 aliphatic heterocycles. The molecule has 0 aromatic heterocycles. The molecule has 0 spiro atoms. The summed E-state index contributed by atoms with van der Waals surface area (Å²) in [7, 11) is 0. The second-order valence-corrected chi connectivity index (χ2v) is 7.62. The summed E-state index contributed by atoms with van der Waals surface area (Å²) in [6, 6.07) is 9.47. The molecule has 0 radical (unpaired) electrons. The first kappa shape index (κ1) is 23.7. The molecular formula is C22H35N3O3. The molecule has 0 aliphatic carbocycles. The smallest absolute Gasteiger partial charge is 0.408 e. The van der Waals surface area contributed by atoms with Gasteiger partial charge >= 0.3 is 6.09 Å². The third-order valence-electron chi connectivity index (χ3n) is 4.10. The van der Waals surface area contributed by atoms with Gasteiger partial charge in [-0.15, -0.1) is 0 Å². The Balaban J connectivity index is 2.66. The van der Waals surface area contributed by atoms with Crippen LogP contribution in [0.15, 0.2) is 42.5 Å². The van der Waals surface area contributed by atoms with E-state index in [0.717, 1.165) is 25.2 Å². The normalized spacial score (nSPS) is 12.8. The molecule has 6 nitrogen and oxygen atoms in total. The highest BCUT2D eigenvalue weighted by Gasteiger charge is 2.18. The largest absolute Gasteiger partial charge is 0.444 e. The van der Waals surface area contributed by atoms with Crippen LogP contribution in [0.2, 0.25) is 0 Å². The van der Waals surface area contributed by atoms with Crippen molar-refractivity contribution < 1.29 is 14.3 Å². The van der Waals surface area contributed by atoms with Gasteiger partial charge in [0.2, 0.25) is 5.91 Å². The number of benzene rings is 1. The second kappa shape index (κ2) is 12.2. The highest BCUT2D eigenvalue weighted by Crippen LogP contribution is 2.09. The van der Waals surface area contributed by atoms with Crippen molar-refractivity contribution in [2.24, 2.45) is 0 Å². The summed E-state index contributed by atoms with van der Waals surface area (Å²) in [6.45, 7) is 13.0. The van der Waals surface area contributed by atoms with Gasteiger partial charge in [0.05, 0.1) is 6.04 Å². The highest BCUT2D eigenvalue weighted by molar-refractivity contribution is 5.87. The molecule has 0 saturated heterocycles. The van der Waals surface area contributed by atoms with E-state index >= 15 is 0 Å². The Kier molecular flexibility index (Phi) is 10.3. The van der Waals surface area contributed by atoms with Gasteiger partial charge in [0, 0.05) is 19.2 Å². The van der Waals surface area contributed by atoms with E-state index in [-0.39, 0.29) is 11.9 Å². The predicted molar refractivity (Wildman–Crippen MR) is 113 cm³/mol. The maximum absolute atomic E-state index is 12.1. The Bertz CT molecular complexity index is 620. The van der Waals surface area contributed by atoms with Crippen LogP contribution in [0.4, 0.5) is 4.79 Å². The number of nitrogens with zero attached hydrogens (tertiary/aromatic N) is 1. The van der Waals surface area contributed by atoms with Crippen LogP contribution in [0.3, 0.4) is 0 Å². The molecule has 1 atom stereocenters. The quantitative estimate of drug-likeness (QED) is 0.603. The van der Waals surface area contributed by atoms with Gasteiger partial charge in [-0.2, -0.15) is 0 Å². The van der Waals surface area contributed by atoms with E-state index in [4.69, 9.17) is 4.74 Å². The summed E-state index contributed by atoms with van der Waals surface area (Å²) in [5.74, 6) is -0.170. The van der Waals surface area contributed by atoms with Crippen LogP contribution in [-0.2, 0) is 16.0 Å². The lowest BCUT2D eigenvalue weighted by Crippen LogP contribution is -2.39. The van der Waals surface area contributed by atoms with E-state index in [0.29, 0.717) is 13.0 Å². The van der Waals surface area contributed by atoms with E-state index in [1.807, 2.05) is 51.1 Å². The third kappa shape index (κ3) is 10.7. The lowest BCUT2D eigenvalue weighted by atomic mass is 10.1. The molecule has 156 valence electrons. The average molecular weight is 390 g/mol. The van der Waals surface area contributed by atoms with Crippen molar-refractivity contribution in [3.05, 3.63) is 48.0 Å². The van der Waals surface area contributed by atoms with Crippen molar-refractivity contribution >= 4 is 12.0 Å². The lowest BCUT2D eigenvalue weighted by molar-refractivity contribution is -0.116. The fourth-order valence-electron chi connectivity index (χ4n) is 2.63. The second-order valence-electron chi connectivity index (χ2n) is 7.62. The van der Waals surface area contributed by atoms with Crippen LogP contribution < -0.4 is 10.6 Å². The van der Waals surface area contributed by atoms with Crippen LogP contribution in [-0.4, -0.2) is 54.7 Å². The molecule has 0 aliphatic rings. The van der Waals surface area contributed by atoms with Gasteiger partial charge in [0.15, 0.2) is 0 Å². The van der Waals surface area contributed by atoms with Crippen molar-refractivity contribution in [3.8, 4) is 0 Å². The Labute approximate surface area is 169 Å². The number of rotatable bonds is 10.